The molecule has 0 spiro atoms. The molecule has 2 aliphatic rings. The number of aryl methyl sites for hydroxylation is 1. The Bertz CT molecular complexity index is 486. The van der Waals surface area contributed by atoms with Crippen molar-refractivity contribution in [2.24, 2.45) is 11.7 Å². The molecule has 2 saturated heterocycles. The van der Waals surface area contributed by atoms with E-state index in [-0.39, 0.29) is 5.91 Å². The Kier molecular flexibility index (Phi) is 3.19. The molecule has 2 unspecified atom stereocenters. The van der Waals surface area contributed by atoms with E-state index >= 15 is 0 Å². The molecule has 2 heterocycles. The molecular formula is C15H21N3O. The third-order valence-corrected chi connectivity index (χ3v) is 4.36. The predicted octanol–water partition coefficient (Wildman–Crippen LogP) is 1.28. The first-order valence-electron chi connectivity index (χ1n) is 7.04. The van der Waals surface area contributed by atoms with E-state index in [4.69, 9.17) is 5.73 Å². The first kappa shape index (κ1) is 12.5. The molecule has 19 heavy (non-hydrogen) atoms. The minimum absolute atomic E-state index is 0.335. The van der Waals surface area contributed by atoms with Crippen LogP contribution in [0.3, 0.4) is 0 Å². The van der Waals surface area contributed by atoms with Crippen LogP contribution in [0.1, 0.15) is 28.8 Å². The van der Waals surface area contributed by atoms with Gasteiger partial charge in [0, 0.05) is 24.8 Å². The van der Waals surface area contributed by atoms with Gasteiger partial charge in [0.25, 0.3) is 5.91 Å². The lowest BCUT2D eigenvalue weighted by Crippen LogP contribution is -2.40. The van der Waals surface area contributed by atoms with E-state index in [0.717, 1.165) is 25.3 Å². The van der Waals surface area contributed by atoms with Gasteiger partial charge in [0.1, 0.15) is 0 Å². The van der Waals surface area contributed by atoms with Gasteiger partial charge in [0.15, 0.2) is 0 Å². The lowest BCUT2D eigenvalue weighted by atomic mass is 9.94. The number of benzene rings is 1. The molecule has 2 atom stereocenters. The lowest BCUT2D eigenvalue weighted by molar-refractivity contribution is 0.100. The highest BCUT2D eigenvalue weighted by Crippen LogP contribution is 2.31. The zero-order valence-electron chi connectivity index (χ0n) is 11.4. The number of nitrogens with one attached hydrogen (secondary N) is 1. The number of hydrogen-bond donors (Lipinski definition) is 2. The van der Waals surface area contributed by atoms with E-state index in [1.165, 1.54) is 18.4 Å². The van der Waals surface area contributed by atoms with E-state index in [9.17, 15) is 4.79 Å². The van der Waals surface area contributed by atoms with Gasteiger partial charge < -0.3 is 16.0 Å². The van der Waals surface area contributed by atoms with Crippen LogP contribution in [-0.2, 0) is 0 Å². The zero-order valence-corrected chi connectivity index (χ0v) is 11.4. The van der Waals surface area contributed by atoms with Crippen LogP contribution in [0.2, 0.25) is 0 Å². The van der Waals surface area contributed by atoms with Crippen LogP contribution in [0.25, 0.3) is 0 Å². The van der Waals surface area contributed by atoms with Gasteiger partial charge in [-0.15, -0.1) is 0 Å². The zero-order chi connectivity index (χ0) is 13.4. The summed E-state index contributed by atoms with van der Waals surface area (Å²) in [5, 5.41) is 3.59. The van der Waals surface area contributed by atoms with Crippen LogP contribution >= 0.6 is 0 Å². The van der Waals surface area contributed by atoms with Crippen molar-refractivity contribution in [1.29, 1.82) is 0 Å². The minimum atomic E-state index is -0.335. The molecule has 102 valence electrons. The standard InChI is InChI=1S/C15H21N3O/c1-10-4-5-12(15(16)19)14(7-10)18-8-11-3-2-6-17-13(11)9-18/h4-5,7,11,13,17H,2-3,6,8-9H2,1H3,(H2,16,19). The van der Waals surface area contributed by atoms with E-state index < -0.39 is 0 Å². The summed E-state index contributed by atoms with van der Waals surface area (Å²) in [5.74, 6) is 0.368. The van der Waals surface area contributed by atoms with Crippen LogP contribution in [0.5, 0.6) is 0 Å². The van der Waals surface area contributed by atoms with Crippen molar-refractivity contribution in [1.82, 2.24) is 5.32 Å². The second kappa shape index (κ2) is 4.85. The number of carbonyl (C=O) groups is 1. The number of amides is 1. The van der Waals surface area contributed by atoms with Gasteiger partial charge in [0.05, 0.1) is 5.56 Å². The van der Waals surface area contributed by atoms with E-state index in [2.05, 4.69) is 23.2 Å². The topological polar surface area (TPSA) is 58.4 Å². The molecule has 4 heteroatoms. The highest BCUT2D eigenvalue weighted by atomic mass is 16.1. The Balaban J connectivity index is 1.90. The highest BCUT2D eigenvalue weighted by molar-refractivity contribution is 5.98. The number of primary amides is 1. The molecule has 4 nitrogen and oxygen atoms in total. The number of hydrogen-bond acceptors (Lipinski definition) is 3. The Hall–Kier alpha value is -1.55. The summed E-state index contributed by atoms with van der Waals surface area (Å²) in [6.07, 6.45) is 2.54. The summed E-state index contributed by atoms with van der Waals surface area (Å²) in [7, 11) is 0. The van der Waals surface area contributed by atoms with Crippen molar-refractivity contribution in [3.8, 4) is 0 Å². The van der Waals surface area contributed by atoms with E-state index in [0.29, 0.717) is 17.5 Å². The second-order valence-electron chi connectivity index (χ2n) is 5.75. The number of anilines is 1. The SMILES string of the molecule is Cc1ccc(C(N)=O)c(N2CC3CCCNC3C2)c1. The van der Waals surface area contributed by atoms with Crippen LogP contribution in [-0.4, -0.2) is 31.6 Å². The first-order chi connectivity index (χ1) is 9.15. The number of carbonyl (C=O) groups excluding carboxylic acids is 1. The van der Waals surface area contributed by atoms with Crippen LogP contribution in [0.15, 0.2) is 18.2 Å². The largest absolute Gasteiger partial charge is 0.369 e. The summed E-state index contributed by atoms with van der Waals surface area (Å²) >= 11 is 0. The van der Waals surface area contributed by atoms with Crippen LogP contribution in [0, 0.1) is 12.8 Å². The van der Waals surface area contributed by atoms with Gasteiger partial charge >= 0.3 is 0 Å². The Morgan fingerprint density at radius 2 is 2.26 bits per heavy atom. The van der Waals surface area contributed by atoms with Gasteiger partial charge in [-0.05, 0) is 49.9 Å². The summed E-state index contributed by atoms with van der Waals surface area (Å²) < 4.78 is 0. The molecule has 0 saturated carbocycles. The van der Waals surface area contributed by atoms with Crippen molar-refractivity contribution in [3.63, 3.8) is 0 Å². The molecule has 0 aliphatic carbocycles. The Morgan fingerprint density at radius 3 is 3.00 bits per heavy atom. The molecule has 0 aromatic heterocycles. The smallest absolute Gasteiger partial charge is 0.250 e. The van der Waals surface area contributed by atoms with Gasteiger partial charge in [-0.2, -0.15) is 0 Å². The van der Waals surface area contributed by atoms with Gasteiger partial charge in [-0.3, -0.25) is 4.79 Å². The number of fused-ring (bicyclic) bond motifs is 1. The average molecular weight is 259 g/mol. The number of nitrogens with zero attached hydrogens (tertiary/aromatic N) is 1. The first-order valence-corrected chi connectivity index (χ1v) is 7.04. The highest BCUT2D eigenvalue weighted by Gasteiger charge is 2.35. The molecular weight excluding hydrogens is 238 g/mol. The predicted molar refractivity (Wildman–Crippen MR) is 76.4 cm³/mol. The fourth-order valence-electron chi connectivity index (χ4n) is 3.36. The summed E-state index contributed by atoms with van der Waals surface area (Å²) in [4.78, 5) is 13.9. The molecule has 3 N–H and O–H groups in total. The van der Waals surface area contributed by atoms with Gasteiger partial charge in [-0.1, -0.05) is 6.07 Å². The molecule has 2 fully saturated rings. The monoisotopic (exact) mass is 259 g/mol. The van der Waals surface area contributed by atoms with Crippen LogP contribution in [0.4, 0.5) is 5.69 Å². The molecule has 1 amide bonds. The van der Waals surface area contributed by atoms with Gasteiger partial charge in [-0.25, -0.2) is 0 Å². The third kappa shape index (κ3) is 2.32. The van der Waals surface area contributed by atoms with Crippen molar-refractivity contribution in [2.45, 2.75) is 25.8 Å². The molecule has 1 aromatic rings. The number of rotatable bonds is 2. The van der Waals surface area contributed by atoms with E-state index in [1.807, 2.05) is 12.1 Å². The fourth-order valence-corrected chi connectivity index (χ4v) is 3.36. The maximum Gasteiger partial charge on any atom is 0.250 e. The maximum absolute atomic E-state index is 11.6. The second-order valence-corrected chi connectivity index (χ2v) is 5.75. The molecule has 1 aromatic carbocycles. The molecule has 0 radical (unpaired) electrons. The van der Waals surface area contributed by atoms with E-state index in [1.54, 1.807) is 0 Å². The van der Waals surface area contributed by atoms with Crippen molar-refractivity contribution in [2.75, 3.05) is 24.5 Å². The Morgan fingerprint density at radius 1 is 1.42 bits per heavy atom. The van der Waals surface area contributed by atoms with Crippen molar-refractivity contribution < 1.29 is 4.79 Å². The summed E-state index contributed by atoms with van der Waals surface area (Å²) in [5.41, 5.74) is 8.31. The van der Waals surface area contributed by atoms with Crippen LogP contribution < -0.4 is 16.0 Å². The van der Waals surface area contributed by atoms with Crippen molar-refractivity contribution >= 4 is 11.6 Å². The number of nitrogens with two attached hydrogens (primary N) is 1. The molecule has 2 aliphatic heterocycles. The minimum Gasteiger partial charge on any atom is -0.369 e. The summed E-state index contributed by atoms with van der Waals surface area (Å²) in [6, 6.07) is 6.44. The molecule has 3 rings (SSSR count). The summed E-state index contributed by atoms with van der Waals surface area (Å²) in [6.45, 7) is 5.18. The average Bonchev–Trinajstić information content (AvgIpc) is 2.81. The number of piperidine rings is 1. The quantitative estimate of drug-likeness (QED) is 0.841. The lowest BCUT2D eigenvalue weighted by Gasteiger charge is -2.24. The Labute approximate surface area is 114 Å². The maximum atomic E-state index is 11.6. The molecule has 0 bridgehead atoms. The van der Waals surface area contributed by atoms with Crippen molar-refractivity contribution in [3.05, 3.63) is 29.3 Å². The third-order valence-electron chi connectivity index (χ3n) is 4.36. The van der Waals surface area contributed by atoms with Gasteiger partial charge in [0.2, 0.25) is 0 Å². The normalized spacial score (nSPS) is 26.3. The fraction of sp³-hybridized carbons (Fsp3) is 0.533.